The van der Waals surface area contributed by atoms with Crippen LogP contribution in [-0.2, 0) is 6.54 Å². The van der Waals surface area contributed by atoms with Crippen molar-refractivity contribution in [1.29, 1.82) is 0 Å². The van der Waals surface area contributed by atoms with Gasteiger partial charge in [-0.05, 0) is 31.0 Å². The second-order valence-corrected chi connectivity index (χ2v) is 4.74. The highest BCUT2D eigenvalue weighted by atomic mass is 15.2. The lowest BCUT2D eigenvalue weighted by molar-refractivity contribution is 0.614. The molecule has 1 N–H and O–H groups in total. The second-order valence-electron chi connectivity index (χ2n) is 4.74. The van der Waals surface area contributed by atoms with Crippen molar-refractivity contribution >= 4 is 5.82 Å². The normalized spacial score (nSPS) is 10.9. The van der Waals surface area contributed by atoms with E-state index in [0.717, 1.165) is 32.0 Å². The Bertz CT molecular complexity index is 306. The standard InChI is InChI=1S/C14H25N3/c1-5-15-9-13-7-8-14(16-10-13)17(6-2)11-12(3)4/h7-8,10,12,15H,5-6,9,11H2,1-4H3. The summed E-state index contributed by atoms with van der Waals surface area (Å²) < 4.78 is 0. The molecule has 1 heterocycles. The van der Waals surface area contributed by atoms with Crippen molar-refractivity contribution in [3.63, 3.8) is 0 Å². The molecule has 0 atom stereocenters. The number of rotatable bonds is 7. The Morgan fingerprint density at radius 2 is 2.06 bits per heavy atom. The molecule has 17 heavy (non-hydrogen) atoms. The second kappa shape index (κ2) is 7.28. The van der Waals surface area contributed by atoms with E-state index in [1.165, 1.54) is 5.56 Å². The Balaban J connectivity index is 2.64. The van der Waals surface area contributed by atoms with Crippen LogP contribution in [0.1, 0.15) is 33.3 Å². The molecular weight excluding hydrogens is 210 g/mol. The smallest absolute Gasteiger partial charge is 0.128 e. The van der Waals surface area contributed by atoms with E-state index in [1.54, 1.807) is 0 Å². The summed E-state index contributed by atoms with van der Waals surface area (Å²) in [5.74, 6) is 1.75. The summed E-state index contributed by atoms with van der Waals surface area (Å²) in [7, 11) is 0. The number of aromatic nitrogens is 1. The molecule has 1 aromatic heterocycles. The number of hydrogen-bond acceptors (Lipinski definition) is 3. The van der Waals surface area contributed by atoms with Gasteiger partial charge in [-0.25, -0.2) is 4.98 Å². The summed E-state index contributed by atoms with van der Waals surface area (Å²) in [6.07, 6.45) is 1.97. The highest BCUT2D eigenvalue weighted by molar-refractivity contribution is 5.39. The minimum Gasteiger partial charge on any atom is -0.357 e. The molecule has 0 aliphatic carbocycles. The summed E-state index contributed by atoms with van der Waals surface area (Å²) in [4.78, 5) is 6.86. The number of nitrogens with one attached hydrogen (secondary N) is 1. The third kappa shape index (κ3) is 4.73. The lowest BCUT2D eigenvalue weighted by Crippen LogP contribution is -2.28. The zero-order valence-electron chi connectivity index (χ0n) is 11.5. The van der Waals surface area contributed by atoms with E-state index in [0.29, 0.717) is 5.92 Å². The quantitative estimate of drug-likeness (QED) is 0.787. The van der Waals surface area contributed by atoms with Crippen LogP contribution < -0.4 is 10.2 Å². The van der Waals surface area contributed by atoms with Gasteiger partial charge in [-0.3, -0.25) is 0 Å². The Morgan fingerprint density at radius 1 is 1.29 bits per heavy atom. The molecule has 96 valence electrons. The molecule has 0 spiro atoms. The van der Waals surface area contributed by atoms with Gasteiger partial charge in [0, 0.05) is 25.8 Å². The molecule has 3 heteroatoms. The van der Waals surface area contributed by atoms with Crippen LogP contribution in [0, 0.1) is 5.92 Å². The third-order valence-corrected chi connectivity index (χ3v) is 2.68. The summed E-state index contributed by atoms with van der Waals surface area (Å²) in [6.45, 7) is 12.7. The molecule has 0 aromatic carbocycles. The maximum absolute atomic E-state index is 4.54. The number of pyridine rings is 1. The predicted octanol–water partition coefficient (Wildman–Crippen LogP) is 2.67. The van der Waals surface area contributed by atoms with Crippen LogP contribution in [-0.4, -0.2) is 24.6 Å². The lowest BCUT2D eigenvalue weighted by atomic mass is 10.2. The maximum Gasteiger partial charge on any atom is 0.128 e. The first-order valence-corrected chi connectivity index (χ1v) is 6.58. The fraction of sp³-hybridized carbons (Fsp3) is 0.643. The molecule has 0 aliphatic heterocycles. The Labute approximate surface area is 105 Å². The van der Waals surface area contributed by atoms with Gasteiger partial charge in [0.25, 0.3) is 0 Å². The van der Waals surface area contributed by atoms with Crippen LogP contribution in [0.3, 0.4) is 0 Å². The van der Waals surface area contributed by atoms with Crippen molar-refractivity contribution in [3.05, 3.63) is 23.9 Å². The summed E-state index contributed by atoms with van der Waals surface area (Å²) in [5, 5.41) is 3.31. The zero-order valence-corrected chi connectivity index (χ0v) is 11.5. The molecule has 1 aromatic rings. The molecule has 0 bridgehead atoms. The van der Waals surface area contributed by atoms with Crippen molar-refractivity contribution in [3.8, 4) is 0 Å². The van der Waals surface area contributed by atoms with Gasteiger partial charge >= 0.3 is 0 Å². The van der Waals surface area contributed by atoms with E-state index in [-0.39, 0.29) is 0 Å². The maximum atomic E-state index is 4.54. The summed E-state index contributed by atoms with van der Waals surface area (Å²) in [6, 6.07) is 4.28. The Kier molecular flexibility index (Phi) is 5.98. The molecule has 1 rings (SSSR count). The average Bonchev–Trinajstić information content (AvgIpc) is 2.34. The van der Waals surface area contributed by atoms with E-state index in [4.69, 9.17) is 0 Å². The van der Waals surface area contributed by atoms with Gasteiger partial charge in [0.1, 0.15) is 5.82 Å². The first-order valence-electron chi connectivity index (χ1n) is 6.58. The van der Waals surface area contributed by atoms with Crippen LogP contribution in [0.25, 0.3) is 0 Å². The molecule has 0 amide bonds. The molecule has 3 nitrogen and oxygen atoms in total. The van der Waals surface area contributed by atoms with Crippen molar-refractivity contribution < 1.29 is 0 Å². The summed E-state index contributed by atoms with van der Waals surface area (Å²) in [5.41, 5.74) is 1.25. The van der Waals surface area contributed by atoms with Crippen molar-refractivity contribution in [2.45, 2.75) is 34.2 Å². The van der Waals surface area contributed by atoms with Crippen molar-refractivity contribution in [1.82, 2.24) is 10.3 Å². The monoisotopic (exact) mass is 235 g/mol. The minimum atomic E-state index is 0.665. The van der Waals surface area contributed by atoms with Gasteiger partial charge in [-0.2, -0.15) is 0 Å². The molecule has 0 aliphatic rings. The van der Waals surface area contributed by atoms with Gasteiger partial charge in [0.05, 0.1) is 0 Å². The van der Waals surface area contributed by atoms with E-state index in [9.17, 15) is 0 Å². The molecular formula is C14H25N3. The van der Waals surface area contributed by atoms with Gasteiger partial charge in [0.15, 0.2) is 0 Å². The molecule has 0 saturated carbocycles. The summed E-state index contributed by atoms with van der Waals surface area (Å²) >= 11 is 0. The van der Waals surface area contributed by atoms with E-state index >= 15 is 0 Å². The van der Waals surface area contributed by atoms with Gasteiger partial charge in [0.2, 0.25) is 0 Å². The molecule has 0 unspecified atom stereocenters. The highest BCUT2D eigenvalue weighted by Gasteiger charge is 2.07. The third-order valence-electron chi connectivity index (χ3n) is 2.68. The van der Waals surface area contributed by atoms with E-state index in [1.807, 2.05) is 6.20 Å². The van der Waals surface area contributed by atoms with Gasteiger partial charge in [-0.1, -0.05) is 26.8 Å². The fourth-order valence-corrected chi connectivity index (χ4v) is 1.80. The number of hydrogen-bond donors (Lipinski definition) is 1. The largest absolute Gasteiger partial charge is 0.357 e. The molecule has 0 radical (unpaired) electrons. The predicted molar refractivity (Wildman–Crippen MR) is 74.3 cm³/mol. The Hall–Kier alpha value is -1.09. The first kappa shape index (κ1) is 14.0. The van der Waals surface area contributed by atoms with E-state index in [2.05, 4.69) is 55.0 Å². The lowest BCUT2D eigenvalue weighted by Gasteiger charge is -2.24. The van der Waals surface area contributed by atoms with Crippen LogP contribution in [0.15, 0.2) is 18.3 Å². The zero-order chi connectivity index (χ0) is 12.7. The first-order chi connectivity index (χ1) is 8.17. The topological polar surface area (TPSA) is 28.2 Å². The average molecular weight is 235 g/mol. The number of anilines is 1. The highest BCUT2D eigenvalue weighted by Crippen LogP contribution is 2.13. The van der Waals surface area contributed by atoms with Crippen LogP contribution in [0.4, 0.5) is 5.82 Å². The van der Waals surface area contributed by atoms with Gasteiger partial charge in [-0.15, -0.1) is 0 Å². The van der Waals surface area contributed by atoms with Crippen LogP contribution in [0.2, 0.25) is 0 Å². The Morgan fingerprint density at radius 3 is 2.53 bits per heavy atom. The fourth-order valence-electron chi connectivity index (χ4n) is 1.80. The van der Waals surface area contributed by atoms with Crippen molar-refractivity contribution in [2.24, 2.45) is 5.92 Å². The van der Waals surface area contributed by atoms with Crippen LogP contribution >= 0.6 is 0 Å². The SMILES string of the molecule is CCNCc1ccc(N(CC)CC(C)C)nc1. The number of nitrogens with zero attached hydrogens (tertiary/aromatic N) is 2. The molecule has 0 saturated heterocycles. The van der Waals surface area contributed by atoms with Crippen LogP contribution in [0.5, 0.6) is 0 Å². The van der Waals surface area contributed by atoms with Gasteiger partial charge < -0.3 is 10.2 Å². The molecule has 0 fully saturated rings. The minimum absolute atomic E-state index is 0.665. The van der Waals surface area contributed by atoms with E-state index < -0.39 is 0 Å². The van der Waals surface area contributed by atoms with Crippen molar-refractivity contribution in [2.75, 3.05) is 24.5 Å².